The number of ether oxygens (including phenoxy) is 1. The molecule has 3 aromatic rings. The molecule has 0 bridgehead atoms. The van der Waals surface area contributed by atoms with Gasteiger partial charge in [0.2, 0.25) is 12.3 Å². The lowest BCUT2D eigenvalue weighted by atomic mass is 10.1. The van der Waals surface area contributed by atoms with E-state index in [1.165, 1.54) is 55.6 Å². The van der Waals surface area contributed by atoms with Gasteiger partial charge in [0.1, 0.15) is 5.69 Å². The van der Waals surface area contributed by atoms with Crippen LogP contribution in [0, 0.1) is 0 Å². The lowest BCUT2D eigenvalue weighted by Crippen LogP contribution is -2.26. The highest BCUT2D eigenvalue weighted by molar-refractivity contribution is 6.09. The van der Waals surface area contributed by atoms with Crippen LogP contribution in [0.3, 0.4) is 0 Å². The normalized spacial score (nSPS) is 10.1. The monoisotopic (exact) mass is 507 g/mol. The number of aromatic nitrogens is 1. The highest BCUT2D eigenvalue weighted by atomic mass is 16.5. The van der Waals surface area contributed by atoms with Crippen molar-refractivity contribution in [1.82, 2.24) is 10.3 Å². The Morgan fingerprint density at radius 1 is 0.919 bits per heavy atom. The number of rotatable bonds is 10. The van der Waals surface area contributed by atoms with E-state index >= 15 is 0 Å². The first-order chi connectivity index (χ1) is 17.7. The molecular weight excluding hydrogens is 486 g/mol. The van der Waals surface area contributed by atoms with Crippen LogP contribution in [0.5, 0.6) is 11.5 Å². The molecular formula is C24H21N5O8. The third-order valence-electron chi connectivity index (χ3n) is 4.85. The van der Waals surface area contributed by atoms with E-state index in [1.807, 2.05) is 0 Å². The Balaban J connectivity index is 1.71. The van der Waals surface area contributed by atoms with E-state index < -0.39 is 29.4 Å². The molecule has 6 N–H and O–H groups in total. The van der Waals surface area contributed by atoms with Crippen LogP contribution in [0.25, 0.3) is 0 Å². The summed E-state index contributed by atoms with van der Waals surface area (Å²) in [5.74, 6) is -3.63. The van der Waals surface area contributed by atoms with Gasteiger partial charge in [-0.15, -0.1) is 0 Å². The van der Waals surface area contributed by atoms with Gasteiger partial charge in [-0.25, -0.2) is 9.78 Å². The molecule has 3 rings (SSSR count). The average molecular weight is 507 g/mol. The van der Waals surface area contributed by atoms with Crippen molar-refractivity contribution in [3.63, 3.8) is 0 Å². The van der Waals surface area contributed by atoms with Crippen molar-refractivity contribution in [1.29, 1.82) is 0 Å². The molecule has 0 unspecified atom stereocenters. The summed E-state index contributed by atoms with van der Waals surface area (Å²) in [6.45, 7) is -0.197. The van der Waals surface area contributed by atoms with Gasteiger partial charge in [-0.1, -0.05) is 0 Å². The molecule has 37 heavy (non-hydrogen) atoms. The van der Waals surface area contributed by atoms with Gasteiger partial charge in [0, 0.05) is 11.3 Å². The zero-order valence-electron chi connectivity index (χ0n) is 19.3. The van der Waals surface area contributed by atoms with E-state index in [-0.39, 0.29) is 40.5 Å². The Kier molecular flexibility index (Phi) is 8.33. The molecule has 0 saturated heterocycles. The van der Waals surface area contributed by atoms with Gasteiger partial charge in [-0.05, 0) is 48.5 Å². The maximum Gasteiger partial charge on any atom is 0.354 e. The number of carboxylic acids is 1. The van der Waals surface area contributed by atoms with Crippen LogP contribution in [-0.2, 0) is 9.59 Å². The number of aromatic hydroxyl groups is 1. The van der Waals surface area contributed by atoms with Crippen LogP contribution in [0.2, 0.25) is 0 Å². The zero-order chi connectivity index (χ0) is 26.9. The number of benzene rings is 2. The fourth-order valence-electron chi connectivity index (χ4n) is 3.09. The van der Waals surface area contributed by atoms with E-state index in [1.54, 1.807) is 0 Å². The lowest BCUT2D eigenvalue weighted by molar-refractivity contribution is -0.118. The van der Waals surface area contributed by atoms with Crippen molar-refractivity contribution < 1.29 is 38.9 Å². The number of aromatic carboxylic acids is 1. The lowest BCUT2D eigenvalue weighted by Gasteiger charge is -2.15. The Hall–Kier alpha value is -5.46. The second kappa shape index (κ2) is 11.8. The topological polar surface area (TPSA) is 196 Å². The number of phenols is 1. The van der Waals surface area contributed by atoms with Crippen molar-refractivity contribution in [3.8, 4) is 11.5 Å². The molecule has 4 amide bonds. The molecule has 13 nitrogen and oxygen atoms in total. The van der Waals surface area contributed by atoms with Crippen molar-refractivity contribution >= 4 is 47.2 Å². The summed E-state index contributed by atoms with van der Waals surface area (Å²) in [5.41, 5.74) is 0.560. The van der Waals surface area contributed by atoms with Crippen molar-refractivity contribution in [2.45, 2.75) is 0 Å². The summed E-state index contributed by atoms with van der Waals surface area (Å²) in [5, 5.41) is 29.4. The fraction of sp³-hybridized carbons (Fsp3) is 0.0833. The van der Waals surface area contributed by atoms with E-state index in [0.29, 0.717) is 12.1 Å². The van der Waals surface area contributed by atoms with E-state index in [2.05, 4.69) is 26.3 Å². The molecule has 0 aliphatic heterocycles. The van der Waals surface area contributed by atoms with Crippen LogP contribution in [0.15, 0.2) is 54.7 Å². The number of carbonyl (C=O) groups is 5. The minimum absolute atomic E-state index is 0.0892. The number of phenolic OH excluding ortho intramolecular Hbond substituents is 1. The second-order valence-corrected chi connectivity index (χ2v) is 7.31. The molecule has 0 aliphatic rings. The Labute approximate surface area is 209 Å². The number of nitrogens with one attached hydrogen (secondary N) is 4. The summed E-state index contributed by atoms with van der Waals surface area (Å²) in [6, 6.07) is 11.1. The number of methoxy groups -OCH3 is 1. The number of pyridine rings is 1. The summed E-state index contributed by atoms with van der Waals surface area (Å²) >= 11 is 0. The first-order valence-electron chi connectivity index (χ1n) is 10.5. The first-order valence-corrected chi connectivity index (χ1v) is 10.5. The summed E-state index contributed by atoms with van der Waals surface area (Å²) < 4.78 is 5.19. The van der Waals surface area contributed by atoms with E-state index in [4.69, 9.17) is 9.84 Å². The molecule has 190 valence electrons. The second-order valence-electron chi connectivity index (χ2n) is 7.31. The fourth-order valence-corrected chi connectivity index (χ4v) is 3.09. The number of nitrogens with zero attached hydrogens (tertiary/aromatic N) is 1. The van der Waals surface area contributed by atoms with Gasteiger partial charge < -0.3 is 36.2 Å². The first kappa shape index (κ1) is 26.2. The molecule has 0 saturated carbocycles. The Morgan fingerprint density at radius 3 is 2.22 bits per heavy atom. The highest BCUT2D eigenvalue weighted by Gasteiger charge is 2.20. The predicted octanol–water partition coefficient (Wildman–Crippen LogP) is 1.68. The van der Waals surface area contributed by atoms with Gasteiger partial charge in [-0.3, -0.25) is 19.2 Å². The average Bonchev–Trinajstić information content (AvgIpc) is 2.88. The molecule has 1 aromatic heterocycles. The maximum absolute atomic E-state index is 12.7. The van der Waals surface area contributed by atoms with Crippen molar-refractivity contribution in [3.05, 3.63) is 71.5 Å². The standard InChI is InChI=1S/C24H21N5O8/c1-37-21-17(29-22(33)13-2-4-14(5-3-13)27-19(31)11-25-12-30)9-7-16(20(21)32)23(34)28-15-6-8-18(24(35)36)26-10-15/h2-10,12,32H,11H2,1H3,(H,25,30)(H,27,31)(H,28,34)(H,29,33)(H,35,36). The zero-order valence-corrected chi connectivity index (χ0v) is 19.3. The predicted molar refractivity (Wildman–Crippen MR) is 131 cm³/mol. The Morgan fingerprint density at radius 2 is 1.62 bits per heavy atom. The molecule has 0 spiro atoms. The number of carbonyl (C=O) groups excluding carboxylic acids is 4. The Bertz CT molecular complexity index is 1340. The maximum atomic E-state index is 12.7. The van der Waals surface area contributed by atoms with Crippen molar-refractivity contribution in [2.24, 2.45) is 0 Å². The van der Waals surface area contributed by atoms with Crippen LogP contribution in [-0.4, -0.2) is 59.0 Å². The van der Waals surface area contributed by atoms with Crippen LogP contribution in [0.4, 0.5) is 17.1 Å². The van der Waals surface area contributed by atoms with Crippen LogP contribution < -0.4 is 26.0 Å². The smallest absolute Gasteiger partial charge is 0.354 e. The molecule has 2 aromatic carbocycles. The van der Waals surface area contributed by atoms with Gasteiger partial charge in [0.25, 0.3) is 11.8 Å². The molecule has 0 radical (unpaired) electrons. The molecule has 13 heteroatoms. The minimum atomic E-state index is -1.22. The number of hydrogen-bond acceptors (Lipinski definition) is 8. The quantitative estimate of drug-likeness (QED) is 0.221. The van der Waals surface area contributed by atoms with Gasteiger partial charge in [-0.2, -0.15) is 0 Å². The molecule has 0 atom stereocenters. The minimum Gasteiger partial charge on any atom is -0.504 e. The number of hydrogen-bond donors (Lipinski definition) is 6. The van der Waals surface area contributed by atoms with Crippen molar-refractivity contribution in [2.75, 3.05) is 29.6 Å². The third kappa shape index (κ3) is 6.57. The van der Waals surface area contributed by atoms with Crippen LogP contribution >= 0.6 is 0 Å². The number of carboxylic acid groups (broad SMARTS) is 1. The largest absolute Gasteiger partial charge is 0.504 e. The van der Waals surface area contributed by atoms with E-state index in [0.717, 1.165) is 6.20 Å². The molecule has 0 aliphatic carbocycles. The highest BCUT2D eigenvalue weighted by Crippen LogP contribution is 2.38. The summed E-state index contributed by atoms with van der Waals surface area (Å²) in [7, 11) is 1.25. The molecule has 1 heterocycles. The van der Waals surface area contributed by atoms with Gasteiger partial charge >= 0.3 is 5.97 Å². The van der Waals surface area contributed by atoms with Gasteiger partial charge in [0.05, 0.1) is 36.8 Å². The van der Waals surface area contributed by atoms with Crippen LogP contribution in [0.1, 0.15) is 31.2 Å². The summed E-state index contributed by atoms with van der Waals surface area (Å²) in [4.78, 5) is 61.8. The molecule has 0 fully saturated rings. The SMILES string of the molecule is COc1c(NC(=O)c2ccc(NC(=O)CNC=O)cc2)ccc(C(=O)Nc2ccc(C(=O)O)nc2)c1O. The number of anilines is 3. The van der Waals surface area contributed by atoms with E-state index in [9.17, 15) is 29.1 Å². The van der Waals surface area contributed by atoms with Gasteiger partial charge in [0.15, 0.2) is 11.5 Å². The third-order valence-corrected chi connectivity index (χ3v) is 4.85. The summed E-state index contributed by atoms with van der Waals surface area (Å²) in [6.07, 6.45) is 1.56. The number of amides is 4.